The first-order valence-corrected chi connectivity index (χ1v) is 14.7. The molecule has 0 atom stereocenters. The van der Waals surface area contributed by atoms with Crippen LogP contribution in [-0.2, 0) is 6.03 Å². The molecular formula is C21H15F6O2Sb. The van der Waals surface area contributed by atoms with Gasteiger partial charge in [-0.1, -0.05) is 0 Å². The van der Waals surface area contributed by atoms with Crippen molar-refractivity contribution in [2.75, 3.05) is 0 Å². The molecule has 0 bridgehead atoms. The zero-order chi connectivity index (χ0) is 21.7. The Bertz CT molecular complexity index is 910. The maximum atomic E-state index is 13.8. The summed E-state index contributed by atoms with van der Waals surface area (Å²) in [5.41, 5.74) is 0. The van der Waals surface area contributed by atoms with Crippen LogP contribution in [0, 0.1) is 0 Å². The minimum absolute atomic E-state index is 0.173. The van der Waals surface area contributed by atoms with Crippen molar-refractivity contribution in [3.05, 3.63) is 91.0 Å². The second-order valence-electron chi connectivity index (χ2n) is 6.76. The number of rotatable bonds is 3. The Morgan fingerprint density at radius 1 is 0.500 bits per heavy atom. The van der Waals surface area contributed by atoms with Gasteiger partial charge in [0, 0.05) is 0 Å². The first kappa shape index (κ1) is 21.2. The number of alkyl halides is 6. The number of halogens is 6. The zero-order valence-corrected chi connectivity index (χ0v) is 17.7. The predicted octanol–water partition coefficient (Wildman–Crippen LogP) is 3.97. The third-order valence-corrected chi connectivity index (χ3v) is 19.1. The Kier molecular flexibility index (Phi) is 4.77. The van der Waals surface area contributed by atoms with Crippen molar-refractivity contribution in [1.29, 1.82) is 0 Å². The third kappa shape index (κ3) is 2.67. The van der Waals surface area contributed by atoms with Crippen molar-refractivity contribution in [3.63, 3.8) is 0 Å². The fourth-order valence-electron chi connectivity index (χ4n) is 3.72. The molecule has 3 aromatic rings. The summed E-state index contributed by atoms with van der Waals surface area (Å²) in [7, 11) is 0. The molecule has 1 heterocycles. The van der Waals surface area contributed by atoms with Gasteiger partial charge in [0.05, 0.1) is 0 Å². The predicted molar refractivity (Wildman–Crippen MR) is 101 cm³/mol. The van der Waals surface area contributed by atoms with Crippen molar-refractivity contribution in [1.82, 2.24) is 0 Å². The minimum atomic E-state index is -6.14. The summed E-state index contributed by atoms with van der Waals surface area (Å²) in [5, 5.41) is 0. The number of hydrogen-bond acceptors (Lipinski definition) is 2. The summed E-state index contributed by atoms with van der Waals surface area (Å²) in [4.78, 5) is 0. The Morgan fingerprint density at radius 3 is 1.00 bits per heavy atom. The van der Waals surface area contributed by atoms with Gasteiger partial charge in [-0.05, 0) is 0 Å². The first-order valence-electron chi connectivity index (χ1n) is 8.81. The number of hydrogen-bond donors (Lipinski definition) is 0. The molecule has 9 heteroatoms. The van der Waals surface area contributed by atoms with Crippen LogP contribution in [0.15, 0.2) is 91.0 Å². The van der Waals surface area contributed by atoms with E-state index in [0.717, 1.165) is 0 Å². The summed E-state index contributed by atoms with van der Waals surface area (Å²) < 4.78 is 93.8. The Balaban J connectivity index is 2.11. The van der Waals surface area contributed by atoms with E-state index >= 15 is 0 Å². The van der Waals surface area contributed by atoms with Gasteiger partial charge in [0.15, 0.2) is 0 Å². The molecular weight excluding hydrogens is 520 g/mol. The number of benzene rings is 3. The van der Waals surface area contributed by atoms with Crippen LogP contribution in [0.2, 0.25) is 0 Å². The van der Waals surface area contributed by atoms with Crippen LogP contribution in [0.3, 0.4) is 0 Å². The summed E-state index contributed by atoms with van der Waals surface area (Å²) in [6.07, 6.45) is -11.6. The van der Waals surface area contributed by atoms with E-state index in [4.69, 9.17) is 6.03 Å². The van der Waals surface area contributed by atoms with E-state index in [9.17, 15) is 26.3 Å². The van der Waals surface area contributed by atoms with Crippen molar-refractivity contribution in [2.45, 2.75) is 18.1 Å². The van der Waals surface area contributed by atoms with Gasteiger partial charge in [0.25, 0.3) is 0 Å². The van der Waals surface area contributed by atoms with Gasteiger partial charge in [-0.2, -0.15) is 0 Å². The molecule has 1 aliphatic heterocycles. The van der Waals surface area contributed by atoms with Gasteiger partial charge >= 0.3 is 170 Å². The average molecular weight is 535 g/mol. The van der Waals surface area contributed by atoms with Crippen molar-refractivity contribution in [2.24, 2.45) is 0 Å². The standard InChI is InChI=1S/3C6H5.C3F6O2.Sb/c3*1-2-4-6-5-3-1;4-2(5,6)1(10,11)3(7,8)9;/h3*1-5H;;/q;;;-2;+2. The van der Waals surface area contributed by atoms with Gasteiger partial charge in [-0.3, -0.25) is 0 Å². The van der Waals surface area contributed by atoms with Crippen molar-refractivity contribution < 1.29 is 32.4 Å². The quantitative estimate of drug-likeness (QED) is 0.374. The van der Waals surface area contributed by atoms with E-state index in [1.165, 1.54) is 72.8 Å². The molecule has 2 nitrogen and oxygen atoms in total. The van der Waals surface area contributed by atoms with Crippen LogP contribution < -0.4 is 10.5 Å². The molecule has 0 radical (unpaired) electrons. The molecule has 1 aliphatic rings. The Hall–Kier alpha value is -2.02. The molecule has 0 amide bonds. The summed E-state index contributed by atoms with van der Waals surface area (Å²) in [5.74, 6) is -4.71. The van der Waals surface area contributed by atoms with Gasteiger partial charge < -0.3 is 0 Å². The fraction of sp³-hybridized carbons (Fsp3) is 0.143. The van der Waals surface area contributed by atoms with E-state index in [0.29, 0.717) is 0 Å². The van der Waals surface area contributed by atoms with Crippen molar-refractivity contribution in [3.8, 4) is 0 Å². The molecule has 4 rings (SSSR count). The Morgan fingerprint density at radius 2 is 0.767 bits per heavy atom. The zero-order valence-electron chi connectivity index (χ0n) is 15.2. The molecule has 1 saturated heterocycles. The van der Waals surface area contributed by atoms with E-state index in [2.05, 4.69) is 0 Å². The molecule has 0 spiro atoms. The normalized spacial score (nSPS) is 21.1. The molecule has 158 valence electrons. The van der Waals surface area contributed by atoms with Gasteiger partial charge in [-0.15, -0.1) is 0 Å². The van der Waals surface area contributed by atoms with Gasteiger partial charge in [-0.25, -0.2) is 0 Å². The maximum absolute atomic E-state index is 13.8. The molecule has 0 unspecified atom stereocenters. The summed E-state index contributed by atoms with van der Waals surface area (Å²) >= 11 is -6.14. The summed E-state index contributed by atoms with van der Waals surface area (Å²) in [6, 6.07) is 22.8. The SMILES string of the molecule is FC(F)(F)C1(C(F)(F)F)[O][Sb]([c]2ccccc2)([c]2ccccc2)([c]2ccccc2)[O]1. The monoisotopic (exact) mass is 534 g/mol. The topological polar surface area (TPSA) is 18.5 Å². The molecule has 30 heavy (non-hydrogen) atoms. The first-order chi connectivity index (χ1) is 14.1. The molecule has 3 aromatic carbocycles. The van der Waals surface area contributed by atoms with Crippen molar-refractivity contribution >= 4 is 28.8 Å². The van der Waals surface area contributed by atoms with E-state index < -0.39 is 36.4 Å². The van der Waals surface area contributed by atoms with Crippen LogP contribution in [0.25, 0.3) is 0 Å². The molecule has 0 aromatic heterocycles. The average Bonchev–Trinajstić information content (AvgIpc) is 2.68. The fourth-order valence-corrected chi connectivity index (χ4v) is 18.2. The Labute approximate surface area is 170 Å². The second-order valence-corrected chi connectivity index (χ2v) is 17.7. The van der Waals surface area contributed by atoms with Crippen LogP contribution in [0.4, 0.5) is 26.3 Å². The summed E-state index contributed by atoms with van der Waals surface area (Å²) in [6.45, 7) is 0. The van der Waals surface area contributed by atoms with E-state index in [1.54, 1.807) is 18.2 Å². The van der Waals surface area contributed by atoms with E-state index in [-0.39, 0.29) is 10.5 Å². The molecule has 0 N–H and O–H groups in total. The van der Waals surface area contributed by atoms with Gasteiger partial charge in [0.1, 0.15) is 0 Å². The van der Waals surface area contributed by atoms with Crippen LogP contribution in [-0.4, -0.2) is 36.4 Å². The van der Waals surface area contributed by atoms with Crippen LogP contribution in [0.5, 0.6) is 0 Å². The van der Waals surface area contributed by atoms with Gasteiger partial charge in [0.2, 0.25) is 0 Å². The molecule has 0 saturated carbocycles. The second kappa shape index (κ2) is 6.74. The van der Waals surface area contributed by atoms with E-state index in [1.807, 2.05) is 0 Å². The third-order valence-electron chi connectivity index (χ3n) is 5.03. The van der Waals surface area contributed by atoms with Crippen LogP contribution in [0.1, 0.15) is 0 Å². The van der Waals surface area contributed by atoms with Crippen LogP contribution >= 0.6 is 0 Å². The molecule has 0 aliphatic carbocycles. The molecule has 1 fully saturated rings.